The molecule has 1 aromatic carbocycles. The van der Waals surface area contributed by atoms with Crippen molar-refractivity contribution in [2.24, 2.45) is 5.18 Å². The van der Waals surface area contributed by atoms with Gasteiger partial charge in [0, 0.05) is 0 Å². The monoisotopic (exact) mass is 221 g/mol. The van der Waals surface area contributed by atoms with E-state index in [2.05, 4.69) is 5.18 Å². The zero-order valence-electron chi connectivity index (χ0n) is 9.38. The van der Waals surface area contributed by atoms with Crippen LogP contribution >= 0.6 is 0 Å². The van der Waals surface area contributed by atoms with E-state index in [1.165, 1.54) is 7.11 Å². The third-order valence-corrected chi connectivity index (χ3v) is 2.27. The van der Waals surface area contributed by atoms with E-state index in [0.717, 1.165) is 5.56 Å². The molecule has 0 amide bonds. The van der Waals surface area contributed by atoms with Crippen molar-refractivity contribution in [1.82, 2.24) is 0 Å². The van der Waals surface area contributed by atoms with Gasteiger partial charge in [-0.1, -0.05) is 30.3 Å². The van der Waals surface area contributed by atoms with Crippen LogP contribution in [0.5, 0.6) is 11.5 Å². The van der Waals surface area contributed by atoms with Gasteiger partial charge in [0.25, 0.3) is 0 Å². The molecule has 4 heteroatoms. The fraction of sp³-hybridized carbons (Fsp3) is 0.333. The third-order valence-electron chi connectivity index (χ3n) is 2.27. The summed E-state index contributed by atoms with van der Waals surface area (Å²) in [5.74, 6) is 0.509. The molecule has 0 heterocycles. The number of methoxy groups -OCH3 is 1. The number of aromatic hydroxyl groups is 1. The summed E-state index contributed by atoms with van der Waals surface area (Å²) in [5.41, 5.74) is 0.858. The van der Waals surface area contributed by atoms with Gasteiger partial charge in [-0.05, 0) is 24.1 Å². The Morgan fingerprint density at radius 2 is 2.31 bits per heavy atom. The molecule has 0 saturated heterocycles. The van der Waals surface area contributed by atoms with Gasteiger partial charge in [0.2, 0.25) is 0 Å². The Bertz CT molecular complexity index is 388. The maximum Gasteiger partial charge on any atom is 0.161 e. The number of hydrogen-bond acceptors (Lipinski definition) is 4. The molecular formula is C12H15NO3. The highest BCUT2D eigenvalue weighted by Gasteiger charge is 2.02. The first-order valence-corrected chi connectivity index (χ1v) is 5.09. The topological polar surface area (TPSA) is 58.9 Å². The number of phenols is 1. The number of benzene rings is 1. The molecule has 1 rings (SSSR count). The molecule has 0 fully saturated rings. The Hall–Kier alpha value is -1.84. The molecule has 0 aliphatic carbocycles. The van der Waals surface area contributed by atoms with Gasteiger partial charge in [0.05, 0.1) is 7.11 Å². The van der Waals surface area contributed by atoms with Crippen LogP contribution in [0.15, 0.2) is 29.5 Å². The van der Waals surface area contributed by atoms with Gasteiger partial charge in [-0.3, -0.25) is 0 Å². The first-order chi connectivity index (χ1) is 7.71. The SMILES string of the molecule is CCC(C=Cc1ccc(O)c(OC)c1)N=O. The van der Waals surface area contributed by atoms with Gasteiger partial charge in [0.1, 0.15) is 6.04 Å². The van der Waals surface area contributed by atoms with Crippen molar-refractivity contribution in [1.29, 1.82) is 0 Å². The lowest BCUT2D eigenvalue weighted by molar-refractivity contribution is 0.373. The normalized spacial score (nSPS) is 12.6. The number of rotatable bonds is 5. The predicted octanol–water partition coefficient (Wildman–Crippen LogP) is 2.96. The highest BCUT2D eigenvalue weighted by Crippen LogP contribution is 2.26. The smallest absolute Gasteiger partial charge is 0.161 e. The average molecular weight is 221 g/mol. The van der Waals surface area contributed by atoms with Gasteiger partial charge in [-0.25, -0.2) is 0 Å². The Labute approximate surface area is 94.5 Å². The first kappa shape index (κ1) is 12.2. The molecular weight excluding hydrogens is 206 g/mol. The summed E-state index contributed by atoms with van der Waals surface area (Å²) in [5, 5.41) is 12.4. The maximum absolute atomic E-state index is 10.4. The molecule has 1 N–H and O–H groups in total. The second kappa shape index (κ2) is 5.90. The molecule has 1 atom stereocenters. The van der Waals surface area contributed by atoms with Crippen LogP contribution in [0.2, 0.25) is 0 Å². The number of hydrogen-bond donors (Lipinski definition) is 1. The summed E-state index contributed by atoms with van der Waals surface area (Å²) in [4.78, 5) is 10.4. The lowest BCUT2D eigenvalue weighted by Gasteiger charge is -2.04. The van der Waals surface area contributed by atoms with E-state index < -0.39 is 0 Å². The van der Waals surface area contributed by atoms with Crippen LogP contribution < -0.4 is 4.74 Å². The predicted molar refractivity (Wildman–Crippen MR) is 63.6 cm³/mol. The maximum atomic E-state index is 10.4. The quantitative estimate of drug-likeness (QED) is 0.777. The summed E-state index contributed by atoms with van der Waals surface area (Å²) in [6, 6.07) is 4.68. The molecule has 0 aliphatic rings. The highest BCUT2D eigenvalue weighted by atomic mass is 16.5. The summed E-state index contributed by atoms with van der Waals surface area (Å²) < 4.78 is 4.98. The van der Waals surface area contributed by atoms with Crippen LogP contribution in [-0.2, 0) is 0 Å². The Morgan fingerprint density at radius 1 is 1.56 bits per heavy atom. The molecule has 4 nitrogen and oxygen atoms in total. The summed E-state index contributed by atoms with van der Waals surface area (Å²) in [7, 11) is 1.49. The molecule has 1 unspecified atom stereocenters. The van der Waals surface area contributed by atoms with Crippen molar-refractivity contribution in [3.05, 3.63) is 34.7 Å². The molecule has 0 saturated carbocycles. The zero-order valence-corrected chi connectivity index (χ0v) is 9.38. The third kappa shape index (κ3) is 3.08. The minimum absolute atomic E-state index is 0.0974. The zero-order chi connectivity index (χ0) is 12.0. The Balaban J connectivity index is 2.85. The van der Waals surface area contributed by atoms with Crippen LogP contribution in [0.1, 0.15) is 18.9 Å². The van der Waals surface area contributed by atoms with E-state index in [1.807, 2.05) is 6.92 Å². The van der Waals surface area contributed by atoms with Crippen LogP contribution in [0.25, 0.3) is 6.08 Å². The lowest BCUT2D eigenvalue weighted by atomic mass is 10.1. The van der Waals surface area contributed by atoms with Gasteiger partial charge >= 0.3 is 0 Å². The Kier molecular flexibility index (Phi) is 4.51. The average Bonchev–Trinajstić information content (AvgIpc) is 2.32. The fourth-order valence-corrected chi connectivity index (χ4v) is 1.27. The number of nitroso groups, excluding NO2 is 1. The van der Waals surface area contributed by atoms with E-state index in [4.69, 9.17) is 4.74 Å². The molecule has 0 spiro atoms. The van der Waals surface area contributed by atoms with Gasteiger partial charge in [0.15, 0.2) is 11.5 Å². The van der Waals surface area contributed by atoms with Crippen LogP contribution in [0.4, 0.5) is 0 Å². The number of phenolic OH excluding ortho intramolecular Hbond substituents is 1. The van der Waals surface area contributed by atoms with Crippen molar-refractivity contribution in [2.75, 3.05) is 7.11 Å². The molecule has 0 radical (unpaired) electrons. The molecule has 86 valence electrons. The fourth-order valence-electron chi connectivity index (χ4n) is 1.27. The standard InChI is InChI=1S/C12H15NO3/c1-3-10(13-15)6-4-9-5-7-11(14)12(8-9)16-2/h4-8,10,14H,3H2,1-2H3. The molecule has 0 aliphatic heterocycles. The second-order valence-corrected chi connectivity index (χ2v) is 3.37. The van der Waals surface area contributed by atoms with E-state index >= 15 is 0 Å². The van der Waals surface area contributed by atoms with Crippen LogP contribution in [0.3, 0.4) is 0 Å². The molecule has 0 aromatic heterocycles. The van der Waals surface area contributed by atoms with Gasteiger partial charge < -0.3 is 9.84 Å². The molecule has 1 aromatic rings. The minimum atomic E-state index is -0.306. The van der Waals surface area contributed by atoms with Crippen molar-refractivity contribution < 1.29 is 9.84 Å². The summed E-state index contributed by atoms with van der Waals surface area (Å²) >= 11 is 0. The van der Waals surface area contributed by atoms with Crippen molar-refractivity contribution >= 4 is 6.08 Å². The largest absolute Gasteiger partial charge is 0.504 e. The first-order valence-electron chi connectivity index (χ1n) is 5.09. The van der Waals surface area contributed by atoms with Crippen molar-refractivity contribution in [2.45, 2.75) is 19.4 Å². The highest BCUT2D eigenvalue weighted by molar-refractivity contribution is 5.55. The van der Waals surface area contributed by atoms with Gasteiger partial charge in [-0.2, -0.15) is 4.91 Å². The minimum Gasteiger partial charge on any atom is -0.504 e. The van der Waals surface area contributed by atoms with Crippen molar-refractivity contribution in [3.63, 3.8) is 0 Å². The molecule has 16 heavy (non-hydrogen) atoms. The van der Waals surface area contributed by atoms with E-state index in [0.29, 0.717) is 12.2 Å². The van der Waals surface area contributed by atoms with Gasteiger partial charge in [-0.15, -0.1) is 0 Å². The van der Waals surface area contributed by atoms with Crippen molar-refractivity contribution in [3.8, 4) is 11.5 Å². The number of nitrogens with zero attached hydrogens (tertiary/aromatic N) is 1. The lowest BCUT2D eigenvalue weighted by Crippen LogP contribution is -1.94. The molecule has 0 bridgehead atoms. The van der Waals surface area contributed by atoms with Crippen LogP contribution in [0, 0.1) is 4.91 Å². The van der Waals surface area contributed by atoms with Crippen LogP contribution in [-0.4, -0.2) is 18.3 Å². The number of ether oxygens (including phenoxy) is 1. The summed E-state index contributed by atoms with van der Waals surface area (Å²) in [6.45, 7) is 1.90. The van der Waals surface area contributed by atoms with E-state index in [1.54, 1.807) is 30.4 Å². The second-order valence-electron chi connectivity index (χ2n) is 3.37. The summed E-state index contributed by atoms with van der Waals surface area (Å²) in [6.07, 6.45) is 4.20. The Morgan fingerprint density at radius 3 is 2.88 bits per heavy atom. The van der Waals surface area contributed by atoms with E-state index in [-0.39, 0.29) is 11.8 Å². The van der Waals surface area contributed by atoms with E-state index in [9.17, 15) is 10.0 Å².